The van der Waals surface area contributed by atoms with E-state index in [9.17, 15) is 9.90 Å². The Kier molecular flexibility index (Phi) is 5.47. The van der Waals surface area contributed by atoms with E-state index in [0.29, 0.717) is 30.9 Å². The lowest BCUT2D eigenvalue weighted by Gasteiger charge is -2.18. The first-order valence-electron chi connectivity index (χ1n) is 5.75. The van der Waals surface area contributed by atoms with Crippen LogP contribution >= 0.6 is 0 Å². The van der Waals surface area contributed by atoms with E-state index in [1.165, 1.54) is 13.0 Å². The minimum Gasteiger partial charge on any atom is -0.508 e. The number of hydrogen-bond acceptors (Lipinski definition) is 3. The van der Waals surface area contributed by atoms with E-state index in [1.807, 2.05) is 4.90 Å². The van der Waals surface area contributed by atoms with Crippen molar-refractivity contribution in [2.24, 2.45) is 0 Å². The van der Waals surface area contributed by atoms with E-state index >= 15 is 0 Å². The van der Waals surface area contributed by atoms with Gasteiger partial charge < -0.3 is 10.4 Å². The molecule has 0 unspecified atom stereocenters. The molecule has 0 spiro atoms. The molecule has 0 saturated carbocycles. The molecule has 0 fully saturated rings. The van der Waals surface area contributed by atoms with E-state index in [0.717, 1.165) is 0 Å². The molecule has 1 aromatic carbocycles. The Labute approximate surface area is 113 Å². The van der Waals surface area contributed by atoms with Crippen LogP contribution in [0.2, 0.25) is 0 Å². The van der Waals surface area contributed by atoms with Crippen LogP contribution in [0.1, 0.15) is 12.5 Å². The zero-order chi connectivity index (χ0) is 14.3. The number of carbonyl (C=O) groups excluding carboxylic acids is 1. The third-order valence-corrected chi connectivity index (χ3v) is 2.42. The standard InChI is InChI=1S/C15H16N2O2/c1-4-8-17(9-5-2)11-13-10-14(16-12(3)18)6-7-15(13)19/h1-2,6-7,10,19H,8-9,11H2,3H3,(H,16,18). The number of nitrogens with one attached hydrogen (secondary N) is 1. The molecule has 4 heteroatoms. The van der Waals surface area contributed by atoms with Crippen molar-refractivity contribution >= 4 is 11.6 Å². The number of benzene rings is 1. The predicted octanol–water partition coefficient (Wildman–Crippen LogP) is 1.42. The van der Waals surface area contributed by atoms with E-state index in [2.05, 4.69) is 17.2 Å². The summed E-state index contributed by atoms with van der Waals surface area (Å²) in [6.07, 6.45) is 10.5. The van der Waals surface area contributed by atoms with Crippen molar-refractivity contribution in [3.8, 4) is 30.4 Å². The Balaban J connectivity index is 2.89. The first-order chi connectivity index (χ1) is 9.06. The van der Waals surface area contributed by atoms with E-state index in [-0.39, 0.29) is 11.7 Å². The van der Waals surface area contributed by atoms with Crippen molar-refractivity contribution in [1.29, 1.82) is 0 Å². The van der Waals surface area contributed by atoms with Gasteiger partial charge in [0.1, 0.15) is 5.75 Å². The van der Waals surface area contributed by atoms with Crippen molar-refractivity contribution in [2.45, 2.75) is 13.5 Å². The summed E-state index contributed by atoms with van der Waals surface area (Å²) in [5.41, 5.74) is 1.29. The number of aromatic hydroxyl groups is 1. The molecular weight excluding hydrogens is 240 g/mol. The Morgan fingerprint density at radius 3 is 2.53 bits per heavy atom. The highest BCUT2D eigenvalue weighted by atomic mass is 16.3. The molecule has 19 heavy (non-hydrogen) atoms. The summed E-state index contributed by atoms with van der Waals surface area (Å²) in [7, 11) is 0. The number of terminal acetylenes is 2. The Hall–Kier alpha value is -2.43. The molecule has 4 nitrogen and oxygen atoms in total. The lowest BCUT2D eigenvalue weighted by Crippen LogP contribution is -2.24. The predicted molar refractivity (Wildman–Crippen MR) is 75.4 cm³/mol. The van der Waals surface area contributed by atoms with Crippen LogP contribution in [0.25, 0.3) is 0 Å². The van der Waals surface area contributed by atoms with Crippen molar-refractivity contribution in [3.05, 3.63) is 23.8 Å². The highest BCUT2D eigenvalue weighted by Crippen LogP contribution is 2.23. The maximum absolute atomic E-state index is 11.0. The average Bonchev–Trinajstić information content (AvgIpc) is 2.33. The molecule has 0 aliphatic rings. The number of nitrogens with zero attached hydrogens (tertiary/aromatic N) is 1. The van der Waals surface area contributed by atoms with Crippen LogP contribution in [0.15, 0.2) is 18.2 Å². The molecule has 0 aliphatic carbocycles. The second-order valence-corrected chi connectivity index (χ2v) is 4.08. The molecule has 0 aliphatic heterocycles. The quantitative estimate of drug-likeness (QED) is 0.619. The van der Waals surface area contributed by atoms with E-state index < -0.39 is 0 Å². The third-order valence-electron chi connectivity index (χ3n) is 2.42. The van der Waals surface area contributed by atoms with Crippen LogP contribution in [0, 0.1) is 24.7 Å². The third kappa shape index (κ3) is 4.75. The molecule has 1 amide bonds. The Morgan fingerprint density at radius 2 is 2.00 bits per heavy atom. The van der Waals surface area contributed by atoms with Gasteiger partial charge in [0.05, 0.1) is 13.1 Å². The largest absolute Gasteiger partial charge is 0.508 e. The molecule has 0 heterocycles. The topological polar surface area (TPSA) is 52.6 Å². The van der Waals surface area contributed by atoms with Crippen LogP contribution in [0.3, 0.4) is 0 Å². The fraction of sp³-hybridized carbons (Fsp3) is 0.267. The number of hydrogen-bond donors (Lipinski definition) is 2. The smallest absolute Gasteiger partial charge is 0.221 e. The van der Waals surface area contributed by atoms with Gasteiger partial charge in [0.25, 0.3) is 0 Å². The van der Waals surface area contributed by atoms with Crippen molar-refractivity contribution in [1.82, 2.24) is 4.90 Å². The SMILES string of the molecule is C#CCN(CC#C)Cc1cc(NC(C)=O)ccc1O. The molecule has 1 rings (SSSR count). The van der Waals surface area contributed by atoms with E-state index in [4.69, 9.17) is 12.8 Å². The molecule has 0 atom stereocenters. The second kappa shape index (κ2) is 7.10. The highest BCUT2D eigenvalue weighted by Gasteiger charge is 2.08. The van der Waals surface area contributed by atoms with Gasteiger partial charge in [-0.05, 0) is 18.2 Å². The van der Waals surface area contributed by atoms with Crippen LogP contribution in [0.5, 0.6) is 5.75 Å². The number of anilines is 1. The summed E-state index contributed by atoms with van der Waals surface area (Å²) >= 11 is 0. The molecule has 1 aromatic rings. The molecule has 0 aromatic heterocycles. The minimum absolute atomic E-state index is 0.146. The number of carbonyl (C=O) groups is 1. The first-order valence-corrected chi connectivity index (χ1v) is 5.75. The number of phenols is 1. The van der Waals surface area contributed by atoms with Gasteiger partial charge in [-0.1, -0.05) is 11.8 Å². The molecule has 2 N–H and O–H groups in total. The van der Waals surface area contributed by atoms with Crippen molar-refractivity contribution in [3.63, 3.8) is 0 Å². The normalized spacial score (nSPS) is 9.68. The zero-order valence-corrected chi connectivity index (χ0v) is 10.8. The summed E-state index contributed by atoms with van der Waals surface area (Å²) in [5, 5.41) is 12.5. The molecule has 0 bridgehead atoms. The monoisotopic (exact) mass is 256 g/mol. The lowest BCUT2D eigenvalue weighted by molar-refractivity contribution is -0.114. The lowest BCUT2D eigenvalue weighted by atomic mass is 10.1. The van der Waals surface area contributed by atoms with Gasteiger partial charge in [0.15, 0.2) is 0 Å². The van der Waals surface area contributed by atoms with E-state index in [1.54, 1.807) is 12.1 Å². The van der Waals surface area contributed by atoms with Crippen molar-refractivity contribution < 1.29 is 9.90 Å². The second-order valence-electron chi connectivity index (χ2n) is 4.08. The van der Waals surface area contributed by atoms with Gasteiger partial charge in [-0.3, -0.25) is 9.69 Å². The number of phenolic OH excluding ortho intramolecular Hbond substituents is 1. The molecule has 0 saturated heterocycles. The van der Waals surface area contributed by atoms with Crippen molar-refractivity contribution in [2.75, 3.05) is 18.4 Å². The summed E-state index contributed by atoms with van der Waals surface area (Å²) in [6.45, 7) is 2.64. The maximum Gasteiger partial charge on any atom is 0.221 e. The highest BCUT2D eigenvalue weighted by molar-refractivity contribution is 5.88. The summed E-state index contributed by atoms with van der Waals surface area (Å²) in [4.78, 5) is 12.8. The fourth-order valence-corrected chi connectivity index (χ4v) is 1.66. The van der Waals surface area contributed by atoms with Gasteiger partial charge >= 0.3 is 0 Å². The van der Waals surface area contributed by atoms with Crippen LogP contribution < -0.4 is 5.32 Å². The summed E-state index contributed by atoms with van der Waals surface area (Å²) in [6, 6.07) is 4.87. The molecule has 98 valence electrons. The maximum atomic E-state index is 11.0. The van der Waals surface area contributed by atoms with Gasteiger partial charge in [-0.2, -0.15) is 0 Å². The number of amides is 1. The minimum atomic E-state index is -0.166. The van der Waals surface area contributed by atoms with Gasteiger partial charge in [0, 0.05) is 24.7 Å². The Morgan fingerprint density at radius 1 is 1.37 bits per heavy atom. The molecule has 0 radical (unpaired) electrons. The van der Waals surface area contributed by atoms with Gasteiger partial charge in [-0.15, -0.1) is 12.8 Å². The Bertz CT molecular complexity index is 522. The fourth-order valence-electron chi connectivity index (χ4n) is 1.66. The van der Waals surface area contributed by atoms with Crippen LogP contribution in [-0.4, -0.2) is 29.0 Å². The summed E-state index contributed by atoms with van der Waals surface area (Å²) < 4.78 is 0. The van der Waals surface area contributed by atoms with Gasteiger partial charge in [0.2, 0.25) is 5.91 Å². The van der Waals surface area contributed by atoms with Gasteiger partial charge in [-0.25, -0.2) is 0 Å². The summed E-state index contributed by atoms with van der Waals surface area (Å²) in [5.74, 6) is 5.02. The number of rotatable bonds is 5. The average molecular weight is 256 g/mol. The first kappa shape index (κ1) is 14.6. The van der Waals surface area contributed by atoms with Crippen LogP contribution in [0.4, 0.5) is 5.69 Å². The zero-order valence-electron chi connectivity index (χ0n) is 10.8. The molecular formula is C15H16N2O2. The van der Waals surface area contributed by atoms with Crippen LogP contribution in [-0.2, 0) is 11.3 Å².